The molecule has 4 aromatic rings. The fourth-order valence-electron chi connectivity index (χ4n) is 10.6. The third-order valence-electron chi connectivity index (χ3n) is 13.6. The Hall–Kier alpha value is -4.02. The fourth-order valence-corrected chi connectivity index (χ4v) is 16.3. The Balaban J connectivity index is 1.36. The number of aromatic nitrogens is 3. The third kappa shape index (κ3) is 7.84. The Kier molecular flexibility index (Phi) is 12.2. The number of hydrogen-bond acceptors (Lipinski definition) is 10. The number of aryl methyl sites for hydroxylation is 1. The minimum atomic E-state index is -3.72. The van der Waals surface area contributed by atoms with Crippen molar-refractivity contribution in [1.82, 2.24) is 24.2 Å². The highest BCUT2D eigenvalue weighted by atomic mass is 32.2. The molecule has 3 saturated heterocycles. The molecule has 2 atom stereocenters. The largest absolute Gasteiger partial charge is 0.543 e. The number of carbonyl (C=O) groups is 1. The molecule has 2 aromatic carbocycles. The van der Waals surface area contributed by atoms with Crippen molar-refractivity contribution >= 4 is 51.7 Å². The topological polar surface area (TPSA) is 118 Å². The van der Waals surface area contributed by atoms with E-state index < -0.39 is 53.5 Å². The number of benzene rings is 2. The van der Waals surface area contributed by atoms with Gasteiger partial charge in [-0.15, -0.1) is 0 Å². The molecule has 0 N–H and O–H groups in total. The average molecular weight is 869 g/mol. The van der Waals surface area contributed by atoms with Gasteiger partial charge in [0, 0.05) is 50.8 Å². The third-order valence-corrected chi connectivity index (χ3v) is 20.8. The molecule has 16 heteroatoms. The average Bonchev–Trinajstić information content (AvgIpc) is 3.73. The second-order valence-corrected chi connectivity index (χ2v) is 25.5. The highest BCUT2D eigenvalue weighted by Gasteiger charge is 2.50. The molecule has 3 aliphatic rings. The van der Waals surface area contributed by atoms with Crippen molar-refractivity contribution in [2.75, 3.05) is 51.0 Å². The van der Waals surface area contributed by atoms with Crippen LogP contribution in [0.2, 0.25) is 16.6 Å². The number of nitrogens with zero attached hydrogens (tertiary/aromatic N) is 6. The summed E-state index contributed by atoms with van der Waals surface area (Å²) < 4.78 is 86.6. The van der Waals surface area contributed by atoms with E-state index in [4.69, 9.17) is 19.1 Å². The van der Waals surface area contributed by atoms with Gasteiger partial charge in [0.25, 0.3) is 8.32 Å². The van der Waals surface area contributed by atoms with E-state index in [1.165, 1.54) is 19.3 Å². The minimum Gasteiger partial charge on any atom is -0.543 e. The predicted molar refractivity (Wildman–Crippen MR) is 232 cm³/mol. The summed E-state index contributed by atoms with van der Waals surface area (Å²) in [6.07, 6.45) is 4.59. The molecule has 0 saturated carbocycles. The van der Waals surface area contributed by atoms with Crippen molar-refractivity contribution in [1.29, 1.82) is 0 Å². The molecule has 60 heavy (non-hydrogen) atoms. The molecule has 5 heterocycles. The predicted octanol–water partition coefficient (Wildman–Crippen LogP) is 8.83. The smallest absolute Gasteiger partial charge is 0.319 e. The quantitative estimate of drug-likeness (QED) is 0.121. The molecule has 7 rings (SSSR count). The summed E-state index contributed by atoms with van der Waals surface area (Å²) in [5.41, 5.74) is 1.03. The van der Waals surface area contributed by atoms with E-state index in [-0.39, 0.29) is 40.5 Å². The number of piperidine rings is 1. The number of alkyl halides is 1. The molecule has 326 valence electrons. The van der Waals surface area contributed by atoms with E-state index in [0.717, 1.165) is 29.9 Å². The first-order valence-electron chi connectivity index (χ1n) is 21.4. The molecule has 3 aliphatic heterocycles. The summed E-state index contributed by atoms with van der Waals surface area (Å²) in [6.45, 7) is 16.9. The molecule has 0 bridgehead atoms. The summed E-state index contributed by atoms with van der Waals surface area (Å²) >= 11 is 0. The molecule has 3 fully saturated rings. The van der Waals surface area contributed by atoms with Crippen LogP contribution in [0.25, 0.3) is 32.9 Å². The molecule has 0 unspecified atom stereocenters. The molecule has 2 aromatic heterocycles. The number of ether oxygens (including phenoxy) is 1. The molecular formula is C44H59F3N6O5SSi. The van der Waals surface area contributed by atoms with Crippen molar-refractivity contribution in [3.05, 3.63) is 47.7 Å². The zero-order valence-electron chi connectivity index (χ0n) is 36.3. The molecule has 0 radical (unpaired) electrons. The van der Waals surface area contributed by atoms with Gasteiger partial charge in [0.15, 0.2) is 5.82 Å². The van der Waals surface area contributed by atoms with Crippen molar-refractivity contribution in [2.24, 2.45) is 5.92 Å². The van der Waals surface area contributed by atoms with E-state index in [1.54, 1.807) is 12.1 Å². The van der Waals surface area contributed by atoms with Crippen LogP contribution >= 0.6 is 0 Å². The Bertz CT molecular complexity index is 2370. The number of anilines is 1. The van der Waals surface area contributed by atoms with Crippen molar-refractivity contribution in [3.8, 4) is 23.0 Å². The van der Waals surface area contributed by atoms with Gasteiger partial charge in [-0.2, -0.15) is 9.97 Å². The van der Waals surface area contributed by atoms with Crippen molar-refractivity contribution in [3.63, 3.8) is 0 Å². The lowest BCUT2D eigenvalue weighted by Gasteiger charge is -2.42. The van der Waals surface area contributed by atoms with Gasteiger partial charge in [0.1, 0.15) is 41.4 Å². The second-order valence-electron chi connectivity index (χ2n) is 18.1. The highest BCUT2D eigenvalue weighted by molar-refractivity contribution is 7.88. The zero-order valence-corrected chi connectivity index (χ0v) is 38.1. The van der Waals surface area contributed by atoms with Gasteiger partial charge >= 0.3 is 6.01 Å². The molecular weight excluding hydrogens is 810 g/mol. The van der Waals surface area contributed by atoms with Gasteiger partial charge in [-0.1, -0.05) is 54.5 Å². The van der Waals surface area contributed by atoms with Crippen LogP contribution in [-0.4, -0.2) is 105 Å². The number of carbonyl (C=O) groups excluding carboxylic acids is 1. The Morgan fingerprint density at radius 3 is 2.35 bits per heavy atom. The van der Waals surface area contributed by atoms with Gasteiger partial charge in [0.05, 0.1) is 17.2 Å². The Labute approximate surface area is 353 Å². The van der Waals surface area contributed by atoms with Gasteiger partial charge in [-0.05, 0) is 89.8 Å². The summed E-state index contributed by atoms with van der Waals surface area (Å²) in [4.78, 5) is 31.4. The lowest BCUT2D eigenvalue weighted by Crippen LogP contribution is -2.50. The normalized spacial score (nSPS) is 20.6. The first kappa shape index (κ1) is 44.0. The molecule has 1 amide bonds. The lowest BCUT2D eigenvalue weighted by atomic mass is 9.94. The monoisotopic (exact) mass is 868 g/mol. The van der Waals surface area contributed by atoms with Crippen molar-refractivity contribution in [2.45, 2.75) is 115 Å². The highest BCUT2D eigenvalue weighted by Crippen LogP contribution is 2.46. The molecule has 0 aliphatic carbocycles. The van der Waals surface area contributed by atoms with Crippen LogP contribution in [0.4, 0.5) is 19.0 Å². The van der Waals surface area contributed by atoms with Gasteiger partial charge in [0.2, 0.25) is 15.9 Å². The van der Waals surface area contributed by atoms with E-state index in [1.807, 2.05) is 17.9 Å². The number of hydrogen-bond donors (Lipinski definition) is 0. The Morgan fingerprint density at radius 1 is 1.03 bits per heavy atom. The van der Waals surface area contributed by atoms with E-state index in [2.05, 4.69) is 51.4 Å². The van der Waals surface area contributed by atoms with Crippen LogP contribution in [0.15, 0.2) is 30.5 Å². The van der Waals surface area contributed by atoms with E-state index >= 15 is 8.78 Å². The van der Waals surface area contributed by atoms with Crippen LogP contribution in [0.1, 0.15) is 86.1 Å². The van der Waals surface area contributed by atoms with Crippen LogP contribution in [-0.2, 0) is 21.2 Å². The van der Waals surface area contributed by atoms with Crippen LogP contribution in [0.5, 0.6) is 11.8 Å². The second kappa shape index (κ2) is 16.7. The molecule has 11 nitrogen and oxygen atoms in total. The fraction of sp³-hybridized carbons (Fsp3) is 0.591. The van der Waals surface area contributed by atoms with E-state index in [9.17, 15) is 17.6 Å². The first-order valence-corrected chi connectivity index (χ1v) is 25.4. The number of fused-ring (bicyclic) bond motifs is 3. The van der Waals surface area contributed by atoms with Gasteiger partial charge < -0.3 is 14.1 Å². The SMILES string of the molecule is CCc1c(F)ccc2cc(O[Si](C(C)C)(C(C)C)C(C)C)cc(-c3ncc4c(N5CCC(C(=O)N(C)S(C)(=O)=O)CC5)nc(OC[C@@]56CCCN5C[C@H](F)C6)nc4c3F)c12. The van der Waals surface area contributed by atoms with Crippen LogP contribution in [0.3, 0.4) is 0 Å². The maximum atomic E-state index is 17.7. The summed E-state index contributed by atoms with van der Waals surface area (Å²) in [7, 11) is -4.94. The maximum absolute atomic E-state index is 17.7. The number of sulfonamides is 1. The van der Waals surface area contributed by atoms with E-state index in [0.29, 0.717) is 84.2 Å². The minimum absolute atomic E-state index is 0.0236. The zero-order chi connectivity index (χ0) is 43.5. The number of rotatable bonds is 13. The Morgan fingerprint density at radius 2 is 1.72 bits per heavy atom. The lowest BCUT2D eigenvalue weighted by molar-refractivity contribution is -0.130. The van der Waals surface area contributed by atoms with Crippen molar-refractivity contribution < 1.29 is 35.5 Å². The maximum Gasteiger partial charge on any atom is 0.319 e. The van der Waals surface area contributed by atoms with Gasteiger partial charge in [-0.3, -0.25) is 14.7 Å². The number of amides is 1. The van der Waals surface area contributed by atoms with Crippen LogP contribution in [0, 0.1) is 17.6 Å². The summed E-state index contributed by atoms with van der Waals surface area (Å²) in [6, 6.07) is 6.79. The first-order chi connectivity index (χ1) is 28.3. The summed E-state index contributed by atoms with van der Waals surface area (Å²) in [5, 5.41) is 1.56. The number of halogens is 3. The van der Waals surface area contributed by atoms with Gasteiger partial charge in [-0.25, -0.2) is 25.9 Å². The molecule has 0 spiro atoms. The standard InChI is InChI=1S/C44H59F3N6O5SSi/c1-10-33-36(46)13-12-30-20-32(58-60(26(2)3,27(4)5)28(6)7)21-34(37(30)33)39-38(47)40-35(23-48-39)41(52-18-14-29(15-19-52)42(54)51(8)59(9,55)56)50-43(49-40)57-25-44-16-11-17-53(44)24-31(45)22-44/h12-13,20-21,23,26-29,31H,10-11,14-19,22,24-25H2,1-9H3/t31-,44+/m1/s1. The summed E-state index contributed by atoms with van der Waals surface area (Å²) in [5.74, 6) is -1.22. The number of pyridine rings is 1. The van der Waals surface area contributed by atoms with Crippen LogP contribution < -0.4 is 14.1 Å².